The van der Waals surface area contributed by atoms with E-state index in [1.54, 1.807) is 0 Å². The first-order valence-corrected chi connectivity index (χ1v) is 4.77. The highest BCUT2D eigenvalue weighted by Crippen LogP contribution is 2.12. The molecule has 16 heavy (non-hydrogen) atoms. The van der Waals surface area contributed by atoms with E-state index in [4.69, 9.17) is 15.2 Å². The zero-order chi connectivity index (χ0) is 11.1. The van der Waals surface area contributed by atoms with Crippen LogP contribution in [0.25, 0.3) is 0 Å². The minimum atomic E-state index is -0.297. The van der Waals surface area contributed by atoms with Crippen molar-refractivity contribution in [2.75, 3.05) is 13.2 Å². The van der Waals surface area contributed by atoms with Crippen LogP contribution in [-0.4, -0.2) is 19.2 Å². The van der Waals surface area contributed by atoms with Gasteiger partial charge in [-0.25, -0.2) is 0 Å². The Kier molecular flexibility index (Phi) is 7.33. The minimum Gasteiger partial charge on any atom is -0.490 e. The van der Waals surface area contributed by atoms with Gasteiger partial charge in [0.15, 0.2) is 0 Å². The van der Waals surface area contributed by atoms with Gasteiger partial charge in [-0.2, -0.15) is 0 Å². The molecule has 90 valence electrons. The van der Waals surface area contributed by atoms with E-state index in [-0.39, 0.29) is 25.0 Å². The van der Waals surface area contributed by atoms with Crippen molar-refractivity contribution in [3.8, 4) is 5.75 Å². The smallest absolute Gasteiger partial charge is 0.302 e. The molecular formula is C11H16ClNO3. The zero-order valence-electron chi connectivity index (χ0n) is 9.14. The molecule has 0 spiro atoms. The minimum absolute atomic E-state index is 0. The van der Waals surface area contributed by atoms with Gasteiger partial charge in [0.25, 0.3) is 0 Å². The summed E-state index contributed by atoms with van der Waals surface area (Å²) in [5, 5.41) is 0. The second-order valence-electron chi connectivity index (χ2n) is 3.04. The van der Waals surface area contributed by atoms with E-state index in [1.807, 2.05) is 24.3 Å². The lowest BCUT2D eigenvalue weighted by Gasteiger charge is -2.07. The zero-order valence-corrected chi connectivity index (χ0v) is 9.96. The van der Waals surface area contributed by atoms with Crippen LogP contribution in [0.4, 0.5) is 0 Å². The molecule has 0 aliphatic rings. The summed E-state index contributed by atoms with van der Waals surface area (Å²) in [6.45, 7) is 2.48. The highest BCUT2D eigenvalue weighted by Gasteiger charge is 1.96. The lowest BCUT2D eigenvalue weighted by atomic mass is 10.2. The van der Waals surface area contributed by atoms with Crippen molar-refractivity contribution >= 4 is 18.4 Å². The fourth-order valence-corrected chi connectivity index (χ4v) is 1.11. The van der Waals surface area contributed by atoms with Crippen LogP contribution in [0.5, 0.6) is 5.75 Å². The maximum atomic E-state index is 10.5. The SMILES string of the molecule is CC(=O)OCCOc1cccc(CN)c1.Cl. The molecule has 0 saturated heterocycles. The van der Waals surface area contributed by atoms with E-state index in [1.165, 1.54) is 6.92 Å². The lowest BCUT2D eigenvalue weighted by Crippen LogP contribution is -2.09. The van der Waals surface area contributed by atoms with Crippen molar-refractivity contribution < 1.29 is 14.3 Å². The van der Waals surface area contributed by atoms with Crippen LogP contribution in [0.2, 0.25) is 0 Å². The molecule has 5 heteroatoms. The van der Waals surface area contributed by atoms with Crippen LogP contribution >= 0.6 is 12.4 Å². The Morgan fingerprint density at radius 2 is 2.12 bits per heavy atom. The van der Waals surface area contributed by atoms with Gasteiger partial charge in [-0.05, 0) is 17.7 Å². The summed E-state index contributed by atoms with van der Waals surface area (Å²) in [5.74, 6) is 0.444. The molecule has 0 aliphatic heterocycles. The standard InChI is InChI=1S/C11H15NO3.ClH/c1-9(13)14-5-6-15-11-4-2-3-10(7-11)8-12;/h2-4,7H,5-6,8,12H2,1H3;1H. The van der Waals surface area contributed by atoms with E-state index >= 15 is 0 Å². The van der Waals surface area contributed by atoms with Gasteiger partial charge in [-0.3, -0.25) is 4.79 Å². The first-order valence-electron chi connectivity index (χ1n) is 4.77. The third-order valence-corrected chi connectivity index (χ3v) is 1.79. The van der Waals surface area contributed by atoms with E-state index in [0.29, 0.717) is 13.2 Å². The maximum absolute atomic E-state index is 10.5. The van der Waals surface area contributed by atoms with Crippen molar-refractivity contribution in [2.24, 2.45) is 5.73 Å². The average Bonchev–Trinajstić information content (AvgIpc) is 2.24. The van der Waals surface area contributed by atoms with Crippen molar-refractivity contribution in [3.63, 3.8) is 0 Å². The summed E-state index contributed by atoms with van der Waals surface area (Å²) in [7, 11) is 0. The molecule has 2 N–H and O–H groups in total. The Hall–Kier alpha value is -1.26. The molecule has 0 heterocycles. The summed E-state index contributed by atoms with van der Waals surface area (Å²) < 4.78 is 10.1. The van der Waals surface area contributed by atoms with Crippen molar-refractivity contribution in [1.29, 1.82) is 0 Å². The molecule has 1 aromatic rings. The summed E-state index contributed by atoms with van der Waals surface area (Å²) in [4.78, 5) is 10.5. The highest BCUT2D eigenvalue weighted by atomic mass is 35.5. The first kappa shape index (κ1) is 14.7. The summed E-state index contributed by atoms with van der Waals surface area (Å²) in [6.07, 6.45) is 0. The topological polar surface area (TPSA) is 61.5 Å². The molecular weight excluding hydrogens is 230 g/mol. The van der Waals surface area contributed by atoms with E-state index in [2.05, 4.69) is 0 Å². The number of ether oxygens (including phenoxy) is 2. The first-order chi connectivity index (χ1) is 7.22. The molecule has 1 rings (SSSR count). The summed E-state index contributed by atoms with van der Waals surface area (Å²) in [6, 6.07) is 7.52. The van der Waals surface area contributed by atoms with Crippen molar-refractivity contribution in [3.05, 3.63) is 29.8 Å². The third kappa shape index (κ3) is 5.58. The molecule has 0 saturated carbocycles. The predicted molar refractivity (Wildman–Crippen MR) is 63.7 cm³/mol. The second kappa shape index (κ2) is 7.96. The highest BCUT2D eigenvalue weighted by molar-refractivity contribution is 5.85. The molecule has 0 aliphatic carbocycles. The van der Waals surface area contributed by atoms with Gasteiger partial charge in [-0.15, -0.1) is 12.4 Å². The van der Waals surface area contributed by atoms with Crippen LogP contribution in [0.3, 0.4) is 0 Å². The Bertz CT molecular complexity index is 331. The number of hydrogen-bond donors (Lipinski definition) is 1. The van der Waals surface area contributed by atoms with Gasteiger partial charge >= 0.3 is 5.97 Å². The van der Waals surface area contributed by atoms with E-state index in [0.717, 1.165) is 11.3 Å². The van der Waals surface area contributed by atoms with Gasteiger partial charge < -0.3 is 15.2 Å². The number of esters is 1. The molecule has 0 aromatic heterocycles. The number of carbonyl (C=O) groups excluding carboxylic acids is 1. The summed E-state index contributed by atoms with van der Waals surface area (Å²) in [5.41, 5.74) is 6.50. The number of nitrogens with two attached hydrogens (primary N) is 1. The predicted octanol–water partition coefficient (Wildman–Crippen LogP) is 1.51. The monoisotopic (exact) mass is 245 g/mol. The Labute approximate surface area is 101 Å². The largest absolute Gasteiger partial charge is 0.490 e. The number of rotatable bonds is 5. The molecule has 0 atom stereocenters. The van der Waals surface area contributed by atoms with Gasteiger partial charge in [0.2, 0.25) is 0 Å². The molecule has 0 unspecified atom stereocenters. The van der Waals surface area contributed by atoms with Gasteiger partial charge in [0, 0.05) is 13.5 Å². The van der Waals surface area contributed by atoms with Gasteiger partial charge in [-0.1, -0.05) is 12.1 Å². The fraction of sp³-hybridized carbons (Fsp3) is 0.364. The molecule has 4 nitrogen and oxygen atoms in total. The van der Waals surface area contributed by atoms with Crippen LogP contribution in [0.15, 0.2) is 24.3 Å². The Morgan fingerprint density at radius 1 is 1.38 bits per heavy atom. The maximum Gasteiger partial charge on any atom is 0.302 e. The normalized spacial score (nSPS) is 9.12. The van der Waals surface area contributed by atoms with E-state index < -0.39 is 0 Å². The lowest BCUT2D eigenvalue weighted by molar-refractivity contribution is -0.141. The molecule has 0 amide bonds. The third-order valence-electron chi connectivity index (χ3n) is 1.79. The molecule has 0 radical (unpaired) electrons. The van der Waals surface area contributed by atoms with E-state index in [9.17, 15) is 4.79 Å². The van der Waals surface area contributed by atoms with Gasteiger partial charge in [0.05, 0.1) is 0 Å². The van der Waals surface area contributed by atoms with Crippen LogP contribution in [-0.2, 0) is 16.1 Å². The number of halogens is 1. The molecule has 1 aromatic carbocycles. The van der Waals surface area contributed by atoms with Crippen molar-refractivity contribution in [1.82, 2.24) is 0 Å². The Balaban J connectivity index is 0.00000225. The van der Waals surface area contributed by atoms with Crippen LogP contribution in [0.1, 0.15) is 12.5 Å². The Morgan fingerprint density at radius 3 is 2.75 bits per heavy atom. The molecule has 0 fully saturated rings. The number of benzene rings is 1. The summed E-state index contributed by atoms with van der Waals surface area (Å²) >= 11 is 0. The second-order valence-corrected chi connectivity index (χ2v) is 3.04. The molecule has 0 bridgehead atoms. The number of carbonyl (C=O) groups is 1. The number of hydrogen-bond acceptors (Lipinski definition) is 4. The fourth-order valence-electron chi connectivity index (χ4n) is 1.11. The average molecular weight is 246 g/mol. The van der Waals surface area contributed by atoms with Crippen LogP contribution in [0, 0.1) is 0 Å². The van der Waals surface area contributed by atoms with Crippen LogP contribution < -0.4 is 10.5 Å². The quantitative estimate of drug-likeness (QED) is 0.631. The van der Waals surface area contributed by atoms with Crippen molar-refractivity contribution in [2.45, 2.75) is 13.5 Å². The van der Waals surface area contributed by atoms with Gasteiger partial charge in [0.1, 0.15) is 19.0 Å².